The van der Waals surface area contributed by atoms with Crippen molar-refractivity contribution in [1.82, 2.24) is 9.88 Å². The Balaban J connectivity index is 1.30. The van der Waals surface area contributed by atoms with Crippen LogP contribution in [-0.4, -0.2) is 32.6 Å². The highest BCUT2D eigenvalue weighted by atomic mass is 32.2. The number of anilines is 1. The van der Waals surface area contributed by atoms with Crippen molar-refractivity contribution in [3.63, 3.8) is 0 Å². The smallest absolute Gasteiger partial charge is 0.266 e. The van der Waals surface area contributed by atoms with Crippen LogP contribution < -0.4 is 5.32 Å². The van der Waals surface area contributed by atoms with Crippen LogP contribution in [-0.2, 0) is 16.0 Å². The Kier molecular flexibility index (Phi) is 6.91. The summed E-state index contributed by atoms with van der Waals surface area (Å²) in [5.74, 6) is -0.354. The van der Waals surface area contributed by atoms with Gasteiger partial charge in [0.15, 0.2) is 5.13 Å². The molecule has 3 aromatic rings. The van der Waals surface area contributed by atoms with E-state index in [-0.39, 0.29) is 24.8 Å². The van der Waals surface area contributed by atoms with Gasteiger partial charge in [-0.25, -0.2) is 4.98 Å². The summed E-state index contributed by atoms with van der Waals surface area (Å²) in [4.78, 5) is 32.5. The van der Waals surface area contributed by atoms with E-state index in [2.05, 4.69) is 22.4 Å². The number of thioether (sulfide) groups is 1. The van der Waals surface area contributed by atoms with Gasteiger partial charge in [-0.3, -0.25) is 14.5 Å². The molecule has 0 radical (unpaired) electrons. The van der Waals surface area contributed by atoms with E-state index in [4.69, 9.17) is 12.2 Å². The zero-order valence-corrected chi connectivity index (χ0v) is 18.9. The van der Waals surface area contributed by atoms with E-state index in [1.165, 1.54) is 33.6 Å². The minimum absolute atomic E-state index is 0.151. The van der Waals surface area contributed by atoms with E-state index in [1.54, 1.807) is 6.20 Å². The van der Waals surface area contributed by atoms with Gasteiger partial charge in [0.1, 0.15) is 4.32 Å². The first kappa shape index (κ1) is 21.4. The van der Waals surface area contributed by atoms with E-state index in [9.17, 15) is 9.59 Å². The van der Waals surface area contributed by atoms with Crippen LogP contribution in [0.4, 0.5) is 5.13 Å². The first-order chi connectivity index (χ1) is 15.1. The number of thiocarbonyl (C=S) groups is 1. The third kappa shape index (κ3) is 5.66. The second-order valence-corrected chi connectivity index (χ2v) is 9.63. The van der Waals surface area contributed by atoms with Crippen LogP contribution in [0.3, 0.4) is 0 Å². The summed E-state index contributed by atoms with van der Waals surface area (Å²) >= 11 is 8.06. The quantitative estimate of drug-likeness (QED) is 0.395. The first-order valence-corrected chi connectivity index (χ1v) is 11.7. The van der Waals surface area contributed by atoms with Gasteiger partial charge in [-0.15, -0.1) is 11.3 Å². The summed E-state index contributed by atoms with van der Waals surface area (Å²) in [7, 11) is 0. The van der Waals surface area contributed by atoms with Crippen molar-refractivity contribution in [3.05, 3.63) is 87.8 Å². The molecule has 2 heterocycles. The Hall–Kier alpha value is -2.81. The molecule has 0 spiro atoms. The summed E-state index contributed by atoms with van der Waals surface area (Å²) in [6.45, 7) is 0.241. The Bertz CT molecular complexity index is 1130. The van der Waals surface area contributed by atoms with Crippen molar-refractivity contribution in [2.45, 2.75) is 12.8 Å². The predicted molar refractivity (Wildman–Crippen MR) is 131 cm³/mol. The molecule has 4 rings (SSSR count). The van der Waals surface area contributed by atoms with Crippen LogP contribution in [0.15, 0.2) is 71.8 Å². The minimum Gasteiger partial charge on any atom is -0.302 e. The maximum atomic E-state index is 12.7. The van der Waals surface area contributed by atoms with Crippen molar-refractivity contribution in [3.8, 4) is 0 Å². The van der Waals surface area contributed by atoms with Gasteiger partial charge in [-0.05, 0) is 17.2 Å². The summed E-state index contributed by atoms with van der Waals surface area (Å²) in [6.07, 6.45) is 4.53. The van der Waals surface area contributed by atoms with Crippen molar-refractivity contribution >= 4 is 62.7 Å². The highest BCUT2D eigenvalue weighted by Crippen LogP contribution is 2.32. The Morgan fingerprint density at radius 3 is 2.55 bits per heavy atom. The molecule has 2 aromatic carbocycles. The van der Waals surface area contributed by atoms with Gasteiger partial charge < -0.3 is 5.32 Å². The number of nitrogens with zero attached hydrogens (tertiary/aromatic N) is 2. The molecule has 0 aliphatic carbocycles. The van der Waals surface area contributed by atoms with Crippen molar-refractivity contribution < 1.29 is 9.59 Å². The molecule has 1 N–H and O–H groups in total. The number of nitrogens with one attached hydrogen (secondary N) is 1. The van der Waals surface area contributed by atoms with Gasteiger partial charge in [0.2, 0.25) is 5.91 Å². The molecule has 1 aliphatic rings. The van der Waals surface area contributed by atoms with E-state index < -0.39 is 0 Å². The molecule has 1 fully saturated rings. The largest absolute Gasteiger partial charge is 0.302 e. The van der Waals surface area contributed by atoms with Crippen LogP contribution in [0.1, 0.15) is 22.4 Å². The molecule has 8 heteroatoms. The zero-order valence-electron chi connectivity index (χ0n) is 16.5. The van der Waals surface area contributed by atoms with Crippen molar-refractivity contribution in [2.24, 2.45) is 0 Å². The van der Waals surface area contributed by atoms with Crippen molar-refractivity contribution in [2.75, 3.05) is 11.9 Å². The summed E-state index contributed by atoms with van der Waals surface area (Å²) in [5, 5.41) is 3.38. The number of aromatic nitrogens is 1. The Labute approximate surface area is 194 Å². The van der Waals surface area contributed by atoms with E-state index >= 15 is 0 Å². The monoisotopic (exact) mass is 465 g/mol. The van der Waals surface area contributed by atoms with Gasteiger partial charge in [-0.2, -0.15) is 0 Å². The number of carbonyl (C=O) groups excluding carboxylic acids is 2. The molecule has 1 aliphatic heterocycles. The molecule has 156 valence electrons. The van der Waals surface area contributed by atoms with E-state index in [0.29, 0.717) is 14.4 Å². The predicted octanol–water partition coefficient (Wildman–Crippen LogP) is 4.96. The number of hydrogen-bond acceptors (Lipinski definition) is 6. The molecule has 0 bridgehead atoms. The average Bonchev–Trinajstić information content (AvgIpc) is 3.31. The normalized spacial score (nSPS) is 15.0. The summed E-state index contributed by atoms with van der Waals surface area (Å²) < 4.78 is 0.472. The third-order valence-electron chi connectivity index (χ3n) is 4.55. The number of rotatable bonds is 7. The second kappa shape index (κ2) is 10.00. The molecule has 31 heavy (non-hydrogen) atoms. The number of carbonyl (C=O) groups is 2. The highest BCUT2D eigenvalue weighted by Gasteiger charge is 2.32. The van der Waals surface area contributed by atoms with Gasteiger partial charge in [0.25, 0.3) is 5.91 Å². The first-order valence-electron chi connectivity index (χ1n) is 9.67. The molecule has 5 nitrogen and oxygen atoms in total. The fourth-order valence-electron chi connectivity index (χ4n) is 3.03. The number of hydrogen-bond donors (Lipinski definition) is 1. The molecule has 0 atom stereocenters. The van der Waals surface area contributed by atoms with Crippen molar-refractivity contribution in [1.29, 1.82) is 0 Å². The molecule has 0 unspecified atom stereocenters. The molecular weight excluding hydrogens is 446 g/mol. The molecular formula is C23H19N3O2S3. The fourth-order valence-corrected chi connectivity index (χ4v) is 5.20. The second-order valence-electron chi connectivity index (χ2n) is 6.84. The molecule has 0 saturated carbocycles. The van der Waals surface area contributed by atoms with Gasteiger partial charge in [0.05, 0.1) is 4.91 Å². The summed E-state index contributed by atoms with van der Waals surface area (Å²) in [5.41, 5.74) is 2.14. The number of benzene rings is 2. The Morgan fingerprint density at radius 2 is 1.81 bits per heavy atom. The highest BCUT2D eigenvalue weighted by molar-refractivity contribution is 8.26. The fraction of sp³-hybridized carbons (Fsp3) is 0.130. The summed E-state index contributed by atoms with van der Waals surface area (Å²) in [6, 6.07) is 19.7. The van der Waals surface area contributed by atoms with Gasteiger partial charge in [0, 0.05) is 30.5 Å². The zero-order chi connectivity index (χ0) is 21.6. The molecule has 1 aromatic heterocycles. The molecule has 2 amide bonds. The van der Waals surface area contributed by atoms with E-state index in [1.807, 2.05) is 54.6 Å². The van der Waals surface area contributed by atoms with Crippen LogP contribution in [0.5, 0.6) is 0 Å². The lowest BCUT2D eigenvalue weighted by Crippen LogP contribution is -2.31. The van der Waals surface area contributed by atoms with Gasteiger partial charge >= 0.3 is 0 Å². The lowest BCUT2D eigenvalue weighted by molar-refractivity contribution is -0.122. The van der Waals surface area contributed by atoms with Gasteiger partial charge in [-0.1, -0.05) is 84.6 Å². The average molecular weight is 466 g/mol. The molecule has 1 saturated heterocycles. The lowest BCUT2D eigenvalue weighted by Gasteiger charge is -2.13. The van der Waals surface area contributed by atoms with Crippen LogP contribution >= 0.6 is 35.3 Å². The maximum Gasteiger partial charge on any atom is 0.266 e. The third-order valence-corrected chi connectivity index (χ3v) is 6.85. The Morgan fingerprint density at radius 1 is 1.10 bits per heavy atom. The topological polar surface area (TPSA) is 62.3 Å². The van der Waals surface area contributed by atoms with Crippen LogP contribution in [0.25, 0.3) is 6.08 Å². The van der Waals surface area contributed by atoms with Crippen LogP contribution in [0, 0.1) is 0 Å². The van der Waals surface area contributed by atoms with E-state index in [0.717, 1.165) is 16.9 Å². The SMILES string of the molecule is O=C(CCN1C(=O)/C(=C\c2ccccc2)SC1=S)Nc1ncc(Cc2ccccc2)s1. The lowest BCUT2D eigenvalue weighted by atomic mass is 10.1. The minimum atomic E-state index is -0.193. The number of thiazole rings is 1. The van der Waals surface area contributed by atoms with Crippen LogP contribution in [0.2, 0.25) is 0 Å². The standard InChI is InChI=1S/C23H19N3O2S3/c27-20(25-22-24-15-18(30-22)13-16-7-3-1-4-8-16)11-12-26-21(28)19(31-23(26)29)14-17-9-5-2-6-10-17/h1-10,14-15H,11-13H2,(H,24,25,27)/b19-14+. The number of amides is 2. The maximum absolute atomic E-state index is 12.7.